The van der Waals surface area contributed by atoms with Crippen molar-refractivity contribution in [2.45, 2.75) is 19.4 Å². The summed E-state index contributed by atoms with van der Waals surface area (Å²) < 4.78 is 16.4. The molecule has 1 saturated heterocycles. The molecule has 0 saturated carbocycles. The van der Waals surface area contributed by atoms with Crippen LogP contribution in [0.4, 0.5) is 4.79 Å². The second-order valence-corrected chi connectivity index (χ2v) is 6.16. The van der Waals surface area contributed by atoms with Crippen molar-refractivity contribution in [1.29, 1.82) is 0 Å². The molecule has 0 spiro atoms. The highest BCUT2D eigenvalue weighted by Crippen LogP contribution is 2.38. The molecule has 1 fully saturated rings. The Balaban J connectivity index is 1.47. The van der Waals surface area contributed by atoms with Crippen molar-refractivity contribution in [3.8, 4) is 11.5 Å². The molecule has 23 heavy (non-hydrogen) atoms. The smallest absolute Gasteiger partial charge is 0.315 e. The van der Waals surface area contributed by atoms with E-state index in [0.717, 1.165) is 31.6 Å². The number of benzene rings is 1. The maximum atomic E-state index is 11.9. The van der Waals surface area contributed by atoms with E-state index >= 15 is 0 Å². The summed E-state index contributed by atoms with van der Waals surface area (Å²) in [6, 6.07) is 3.43. The zero-order valence-corrected chi connectivity index (χ0v) is 13.7. The van der Waals surface area contributed by atoms with Crippen LogP contribution in [0.5, 0.6) is 11.5 Å². The molecule has 2 aliphatic rings. The predicted octanol–water partition coefficient (Wildman–Crippen LogP) is 2.34. The first kappa shape index (κ1) is 16.2. The third-order valence-corrected chi connectivity index (χ3v) is 4.20. The first-order valence-corrected chi connectivity index (χ1v) is 8.27. The Morgan fingerprint density at radius 3 is 2.91 bits per heavy atom. The fourth-order valence-electron chi connectivity index (χ4n) is 2.72. The van der Waals surface area contributed by atoms with Crippen LogP contribution in [0.15, 0.2) is 12.1 Å². The van der Waals surface area contributed by atoms with E-state index in [0.29, 0.717) is 48.7 Å². The van der Waals surface area contributed by atoms with Gasteiger partial charge in [0, 0.05) is 19.7 Å². The van der Waals surface area contributed by atoms with Gasteiger partial charge in [-0.25, -0.2) is 4.79 Å². The summed E-state index contributed by atoms with van der Waals surface area (Å²) in [5, 5.41) is 6.21. The Bertz CT molecular complexity index is 561. The minimum Gasteiger partial charge on any atom is -0.486 e. The lowest BCUT2D eigenvalue weighted by atomic mass is 10.0. The van der Waals surface area contributed by atoms with Crippen LogP contribution in [0, 0.1) is 5.92 Å². The predicted molar refractivity (Wildman–Crippen MR) is 86.2 cm³/mol. The van der Waals surface area contributed by atoms with Gasteiger partial charge in [-0.1, -0.05) is 11.6 Å². The Hall–Kier alpha value is -1.66. The van der Waals surface area contributed by atoms with Gasteiger partial charge in [-0.2, -0.15) is 0 Å². The van der Waals surface area contributed by atoms with E-state index in [1.807, 2.05) is 6.07 Å². The summed E-state index contributed by atoms with van der Waals surface area (Å²) in [6.45, 7) is 3.56. The van der Waals surface area contributed by atoms with E-state index in [4.69, 9.17) is 25.8 Å². The molecule has 2 aliphatic heterocycles. The molecule has 1 atom stereocenters. The highest BCUT2D eigenvalue weighted by atomic mass is 35.5. The van der Waals surface area contributed by atoms with E-state index in [9.17, 15) is 4.79 Å². The van der Waals surface area contributed by atoms with E-state index in [-0.39, 0.29) is 6.03 Å². The average molecular weight is 341 g/mol. The van der Waals surface area contributed by atoms with Crippen LogP contribution in [0.2, 0.25) is 5.02 Å². The lowest BCUT2D eigenvalue weighted by molar-refractivity contribution is 0.0557. The maximum Gasteiger partial charge on any atom is 0.315 e. The number of fused-ring (bicyclic) bond motifs is 1. The summed E-state index contributed by atoms with van der Waals surface area (Å²) in [6.07, 6.45) is 2.15. The lowest BCUT2D eigenvalue weighted by Crippen LogP contribution is -2.39. The van der Waals surface area contributed by atoms with Crippen molar-refractivity contribution >= 4 is 17.6 Å². The maximum absolute atomic E-state index is 11.9. The highest BCUT2D eigenvalue weighted by molar-refractivity contribution is 6.32. The van der Waals surface area contributed by atoms with Crippen molar-refractivity contribution in [3.63, 3.8) is 0 Å². The molecule has 0 radical (unpaired) electrons. The Kier molecular flexibility index (Phi) is 5.46. The molecular formula is C16H21ClN2O4. The zero-order valence-electron chi connectivity index (χ0n) is 12.9. The number of hydrogen-bond acceptors (Lipinski definition) is 4. The zero-order chi connectivity index (χ0) is 16.1. The van der Waals surface area contributed by atoms with Gasteiger partial charge in [0.25, 0.3) is 0 Å². The third-order valence-electron chi connectivity index (χ3n) is 3.92. The van der Waals surface area contributed by atoms with Crippen LogP contribution >= 0.6 is 11.6 Å². The number of urea groups is 1. The summed E-state index contributed by atoms with van der Waals surface area (Å²) in [5.41, 5.74) is 0.871. The molecule has 1 aromatic rings. The molecule has 126 valence electrons. The normalized spacial score (nSPS) is 20.0. The number of carbonyl (C=O) groups is 1. The first-order chi connectivity index (χ1) is 11.2. The van der Waals surface area contributed by atoms with Crippen molar-refractivity contribution in [1.82, 2.24) is 10.6 Å². The first-order valence-electron chi connectivity index (χ1n) is 7.90. The van der Waals surface area contributed by atoms with Gasteiger partial charge in [-0.15, -0.1) is 0 Å². The molecule has 1 aromatic carbocycles. The minimum absolute atomic E-state index is 0.193. The second kappa shape index (κ2) is 7.75. The SMILES string of the molecule is O=C(NCc1cc(Cl)c2c(c1)OCCO2)NC[C@@H]1CCCOC1. The lowest BCUT2D eigenvalue weighted by Gasteiger charge is -2.22. The number of carbonyl (C=O) groups excluding carboxylic acids is 1. The highest BCUT2D eigenvalue weighted by Gasteiger charge is 2.17. The van der Waals surface area contributed by atoms with E-state index in [1.165, 1.54) is 0 Å². The minimum atomic E-state index is -0.193. The van der Waals surface area contributed by atoms with Gasteiger partial charge in [0.15, 0.2) is 11.5 Å². The van der Waals surface area contributed by atoms with E-state index in [1.54, 1.807) is 6.07 Å². The van der Waals surface area contributed by atoms with Crippen molar-refractivity contribution in [3.05, 3.63) is 22.7 Å². The standard InChI is InChI=1S/C16H21ClN2O4/c17-13-6-12(7-14-15(13)23-5-4-22-14)9-19-16(20)18-8-11-2-1-3-21-10-11/h6-7,11H,1-5,8-10H2,(H2,18,19,20)/t11-/m0/s1. The topological polar surface area (TPSA) is 68.8 Å². The molecule has 2 N–H and O–H groups in total. The molecule has 0 unspecified atom stereocenters. The van der Waals surface area contributed by atoms with E-state index in [2.05, 4.69) is 10.6 Å². The molecule has 6 nitrogen and oxygen atoms in total. The number of nitrogens with one attached hydrogen (secondary N) is 2. The molecule has 2 heterocycles. The quantitative estimate of drug-likeness (QED) is 0.882. The molecule has 0 aliphatic carbocycles. The Labute approximate surface area is 140 Å². The van der Waals surface area contributed by atoms with Gasteiger partial charge in [0.05, 0.1) is 11.6 Å². The fourth-order valence-corrected chi connectivity index (χ4v) is 3.00. The monoisotopic (exact) mass is 340 g/mol. The molecule has 0 bridgehead atoms. The molecular weight excluding hydrogens is 320 g/mol. The summed E-state index contributed by atoms with van der Waals surface area (Å²) in [5.74, 6) is 1.60. The number of rotatable bonds is 4. The van der Waals surface area contributed by atoms with Crippen LogP contribution in [-0.2, 0) is 11.3 Å². The van der Waals surface area contributed by atoms with E-state index < -0.39 is 0 Å². The van der Waals surface area contributed by atoms with Crippen LogP contribution < -0.4 is 20.1 Å². The number of amides is 2. The fraction of sp³-hybridized carbons (Fsp3) is 0.562. The Morgan fingerprint density at radius 2 is 2.09 bits per heavy atom. The largest absolute Gasteiger partial charge is 0.486 e. The number of ether oxygens (including phenoxy) is 3. The van der Waals surface area contributed by atoms with Crippen molar-refractivity contribution in [2.24, 2.45) is 5.92 Å². The Morgan fingerprint density at radius 1 is 1.22 bits per heavy atom. The van der Waals surface area contributed by atoms with Gasteiger partial charge in [0.2, 0.25) is 0 Å². The van der Waals surface area contributed by atoms with Crippen LogP contribution in [0.1, 0.15) is 18.4 Å². The van der Waals surface area contributed by atoms with Gasteiger partial charge in [-0.05, 0) is 36.5 Å². The molecule has 7 heteroatoms. The van der Waals surface area contributed by atoms with Gasteiger partial charge >= 0.3 is 6.03 Å². The van der Waals surface area contributed by atoms with Crippen molar-refractivity contribution < 1.29 is 19.0 Å². The van der Waals surface area contributed by atoms with Crippen molar-refractivity contribution in [2.75, 3.05) is 33.0 Å². The summed E-state index contributed by atoms with van der Waals surface area (Å²) >= 11 is 6.18. The summed E-state index contributed by atoms with van der Waals surface area (Å²) in [7, 11) is 0. The van der Waals surface area contributed by atoms with Gasteiger partial charge in [-0.3, -0.25) is 0 Å². The van der Waals surface area contributed by atoms with Crippen LogP contribution in [-0.4, -0.2) is 39.0 Å². The number of halogens is 1. The van der Waals surface area contributed by atoms with Crippen LogP contribution in [0.25, 0.3) is 0 Å². The molecule has 2 amide bonds. The van der Waals surface area contributed by atoms with Crippen LogP contribution in [0.3, 0.4) is 0 Å². The van der Waals surface area contributed by atoms with Gasteiger partial charge < -0.3 is 24.8 Å². The number of hydrogen-bond donors (Lipinski definition) is 2. The van der Waals surface area contributed by atoms with Gasteiger partial charge in [0.1, 0.15) is 13.2 Å². The average Bonchev–Trinajstić information content (AvgIpc) is 2.59. The summed E-state index contributed by atoms with van der Waals surface area (Å²) in [4.78, 5) is 11.9. The third kappa shape index (κ3) is 4.42. The molecule has 3 rings (SSSR count). The molecule has 0 aromatic heterocycles. The second-order valence-electron chi connectivity index (χ2n) is 5.75.